The summed E-state index contributed by atoms with van der Waals surface area (Å²) in [5, 5.41) is 0. The molecule has 0 bridgehead atoms. The van der Waals surface area contributed by atoms with Crippen molar-refractivity contribution in [2.45, 2.75) is 252 Å². The molecule has 1 unspecified atom stereocenters. The molecule has 0 amide bonds. The predicted molar refractivity (Wildman–Crippen MR) is 274 cm³/mol. The van der Waals surface area contributed by atoms with Gasteiger partial charge < -0.3 is 14.2 Å². The Morgan fingerprint density at radius 3 is 1.09 bits per heavy atom. The minimum atomic E-state index is -0.812. The highest BCUT2D eigenvalue weighted by molar-refractivity contribution is 5.71. The average molecular weight is 891 g/mol. The molecule has 0 rings (SSSR count). The fourth-order valence-corrected chi connectivity index (χ4v) is 7.14. The second-order valence-electron chi connectivity index (χ2n) is 17.5. The van der Waals surface area contributed by atoms with Crippen LogP contribution in [0.4, 0.5) is 0 Å². The number of unbranched alkanes of at least 4 members (excludes halogenated alkanes) is 24. The molecular formula is C58H98O6. The summed E-state index contributed by atoms with van der Waals surface area (Å²) in [5.74, 6) is -0.989. The molecule has 0 aromatic carbocycles. The van der Waals surface area contributed by atoms with E-state index in [-0.39, 0.29) is 37.5 Å². The van der Waals surface area contributed by atoms with Crippen LogP contribution in [0.3, 0.4) is 0 Å². The quantitative estimate of drug-likeness (QED) is 0.0199. The maximum absolute atomic E-state index is 12.8. The van der Waals surface area contributed by atoms with Gasteiger partial charge in [-0.15, -0.1) is 0 Å². The van der Waals surface area contributed by atoms with E-state index in [2.05, 4.69) is 106 Å². The lowest BCUT2D eigenvalue weighted by Gasteiger charge is -2.18. The molecule has 366 valence electrons. The summed E-state index contributed by atoms with van der Waals surface area (Å²) in [5.41, 5.74) is 0. The zero-order chi connectivity index (χ0) is 46.5. The highest BCUT2D eigenvalue weighted by atomic mass is 16.6. The van der Waals surface area contributed by atoms with Crippen LogP contribution < -0.4 is 0 Å². The van der Waals surface area contributed by atoms with Crippen LogP contribution in [0.2, 0.25) is 0 Å². The molecule has 0 saturated heterocycles. The zero-order valence-corrected chi connectivity index (χ0v) is 41.8. The highest BCUT2D eigenvalue weighted by Crippen LogP contribution is 2.13. The van der Waals surface area contributed by atoms with Crippen LogP contribution in [0, 0.1) is 0 Å². The van der Waals surface area contributed by atoms with E-state index in [0.717, 1.165) is 109 Å². The first-order valence-corrected chi connectivity index (χ1v) is 26.6. The SMILES string of the molecule is CC/C=C\C/C=C\C/C=C\CCCCC(=O)OCC(COC(=O)CCCCCCC/C=C\C=C/CCCCCCCCC)OC(=O)CCCCC/C=C\C=C/CCCCCCCCC. The number of carbonyl (C=O) groups excluding carboxylic acids is 3. The lowest BCUT2D eigenvalue weighted by atomic mass is 10.1. The Hall–Kier alpha value is -3.41. The number of esters is 3. The molecule has 0 radical (unpaired) electrons. The summed E-state index contributed by atoms with van der Waals surface area (Å²) in [6, 6.07) is 0. The Bertz CT molecular complexity index is 1250. The van der Waals surface area contributed by atoms with Gasteiger partial charge in [-0.25, -0.2) is 0 Å². The van der Waals surface area contributed by atoms with E-state index in [1.165, 1.54) is 96.3 Å². The van der Waals surface area contributed by atoms with Gasteiger partial charge in [0.05, 0.1) is 0 Å². The summed E-state index contributed by atoms with van der Waals surface area (Å²) in [7, 11) is 0. The molecule has 0 spiro atoms. The Morgan fingerprint density at radius 2 is 0.656 bits per heavy atom. The van der Waals surface area contributed by atoms with Crippen molar-refractivity contribution in [1.29, 1.82) is 0 Å². The number of rotatable bonds is 47. The molecule has 0 aromatic rings. The second-order valence-corrected chi connectivity index (χ2v) is 17.5. The normalized spacial score (nSPS) is 12.7. The van der Waals surface area contributed by atoms with Crippen molar-refractivity contribution < 1.29 is 28.6 Å². The summed E-state index contributed by atoms with van der Waals surface area (Å²) in [6.45, 7) is 6.44. The molecule has 1 atom stereocenters. The van der Waals surface area contributed by atoms with Gasteiger partial charge in [0.15, 0.2) is 6.10 Å². The maximum atomic E-state index is 12.8. The van der Waals surface area contributed by atoms with E-state index in [1.807, 2.05) is 0 Å². The lowest BCUT2D eigenvalue weighted by Crippen LogP contribution is -2.30. The van der Waals surface area contributed by atoms with E-state index in [0.29, 0.717) is 12.8 Å². The van der Waals surface area contributed by atoms with Crippen LogP contribution in [0.25, 0.3) is 0 Å². The predicted octanol–water partition coefficient (Wildman–Crippen LogP) is 17.6. The van der Waals surface area contributed by atoms with Crippen molar-refractivity contribution in [2.75, 3.05) is 13.2 Å². The van der Waals surface area contributed by atoms with E-state index in [9.17, 15) is 14.4 Å². The van der Waals surface area contributed by atoms with Crippen molar-refractivity contribution in [3.8, 4) is 0 Å². The largest absolute Gasteiger partial charge is 0.462 e. The van der Waals surface area contributed by atoms with Crippen molar-refractivity contribution in [2.24, 2.45) is 0 Å². The molecule has 0 heterocycles. The first-order chi connectivity index (χ1) is 31.5. The van der Waals surface area contributed by atoms with E-state index in [4.69, 9.17) is 14.2 Å². The second kappa shape index (κ2) is 52.2. The number of hydrogen-bond donors (Lipinski definition) is 0. The fourth-order valence-electron chi connectivity index (χ4n) is 7.14. The number of carbonyl (C=O) groups is 3. The van der Waals surface area contributed by atoms with Gasteiger partial charge in [-0.3, -0.25) is 14.4 Å². The maximum Gasteiger partial charge on any atom is 0.306 e. The van der Waals surface area contributed by atoms with Gasteiger partial charge in [0.2, 0.25) is 0 Å². The molecular weight excluding hydrogens is 793 g/mol. The molecule has 0 fully saturated rings. The fraction of sp³-hybridized carbons (Fsp3) is 0.707. The van der Waals surface area contributed by atoms with Crippen LogP contribution in [-0.2, 0) is 28.6 Å². The molecule has 0 aliphatic rings. The third-order valence-corrected chi connectivity index (χ3v) is 11.2. The van der Waals surface area contributed by atoms with Gasteiger partial charge in [-0.2, -0.15) is 0 Å². The van der Waals surface area contributed by atoms with Crippen molar-refractivity contribution >= 4 is 17.9 Å². The van der Waals surface area contributed by atoms with Gasteiger partial charge in [-0.05, 0) is 103 Å². The van der Waals surface area contributed by atoms with Gasteiger partial charge >= 0.3 is 17.9 Å². The van der Waals surface area contributed by atoms with Gasteiger partial charge in [-0.1, -0.05) is 209 Å². The molecule has 0 N–H and O–H groups in total. The summed E-state index contributed by atoms with van der Waals surface area (Å²) in [4.78, 5) is 38.0. The Balaban J connectivity index is 4.48. The smallest absolute Gasteiger partial charge is 0.306 e. The minimum Gasteiger partial charge on any atom is -0.462 e. The van der Waals surface area contributed by atoms with Crippen molar-refractivity contribution in [1.82, 2.24) is 0 Å². The lowest BCUT2D eigenvalue weighted by molar-refractivity contribution is -0.167. The molecule has 0 saturated carbocycles. The Labute approximate surface area is 395 Å². The monoisotopic (exact) mass is 891 g/mol. The van der Waals surface area contributed by atoms with E-state index in [1.54, 1.807) is 0 Å². The minimum absolute atomic E-state index is 0.108. The molecule has 0 aliphatic carbocycles. The first-order valence-electron chi connectivity index (χ1n) is 26.6. The summed E-state index contributed by atoms with van der Waals surface area (Å²) in [6.07, 6.45) is 67.2. The molecule has 64 heavy (non-hydrogen) atoms. The van der Waals surface area contributed by atoms with Gasteiger partial charge in [0.25, 0.3) is 0 Å². The van der Waals surface area contributed by atoms with Crippen LogP contribution in [0.15, 0.2) is 85.1 Å². The average Bonchev–Trinajstić information content (AvgIpc) is 3.29. The highest BCUT2D eigenvalue weighted by Gasteiger charge is 2.19. The Kier molecular flexibility index (Phi) is 49.4. The third-order valence-electron chi connectivity index (χ3n) is 11.2. The Morgan fingerprint density at radius 1 is 0.344 bits per heavy atom. The summed E-state index contributed by atoms with van der Waals surface area (Å²) < 4.78 is 16.7. The topological polar surface area (TPSA) is 78.9 Å². The number of ether oxygens (including phenoxy) is 3. The van der Waals surface area contributed by atoms with Gasteiger partial charge in [0, 0.05) is 19.3 Å². The third kappa shape index (κ3) is 49.6. The van der Waals surface area contributed by atoms with Crippen LogP contribution in [-0.4, -0.2) is 37.2 Å². The van der Waals surface area contributed by atoms with E-state index < -0.39 is 6.10 Å². The molecule has 6 heteroatoms. The molecule has 6 nitrogen and oxygen atoms in total. The standard InChI is InChI=1S/C58H98O6/c1-4-7-10-13-16-19-22-25-27-29-30-32-33-36-39-42-45-48-51-57(60)63-54-55(53-62-56(59)50-47-44-41-38-35-24-21-18-15-12-9-6-3)64-58(61)52-49-46-43-40-37-34-31-28-26-23-20-17-14-11-8-5-2/h9,12,18,21,27-32,34-35,37-38,55H,4-8,10-11,13-17,19-20,22-26,33,36,39-54H2,1-3H3/b12-9-,21-18-,29-27-,31-28-,32-30-,37-34-,38-35-. The van der Waals surface area contributed by atoms with Gasteiger partial charge in [0.1, 0.15) is 13.2 Å². The zero-order valence-electron chi connectivity index (χ0n) is 41.8. The van der Waals surface area contributed by atoms with Crippen LogP contribution in [0.5, 0.6) is 0 Å². The molecule has 0 aromatic heterocycles. The summed E-state index contributed by atoms with van der Waals surface area (Å²) >= 11 is 0. The number of hydrogen-bond acceptors (Lipinski definition) is 6. The van der Waals surface area contributed by atoms with Crippen molar-refractivity contribution in [3.05, 3.63) is 85.1 Å². The van der Waals surface area contributed by atoms with Crippen LogP contribution >= 0.6 is 0 Å². The molecule has 0 aliphatic heterocycles. The number of allylic oxidation sites excluding steroid dienone is 14. The van der Waals surface area contributed by atoms with E-state index >= 15 is 0 Å². The van der Waals surface area contributed by atoms with Crippen molar-refractivity contribution in [3.63, 3.8) is 0 Å². The first kappa shape index (κ1) is 60.6. The van der Waals surface area contributed by atoms with Crippen LogP contribution in [0.1, 0.15) is 245 Å².